The van der Waals surface area contributed by atoms with Crippen molar-refractivity contribution in [2.24, 2.45) is 5.92 Å². The van der Waals surface area contributed by atoms with Crippen molar-refractivity contribution in [3.63, 3.8) is 0 Å². The second-order valence-electron chi connectivity index (χ2n) is 5.13. The maximum atomic E-state index is 12.4. The maximum absolute atomic E-state index is 12.4. The number of nitrogens with zero attached hydrogens (tertiary/aromatic N) is 4. The molecule has 0 aliphatic carbocycles. The molecule has 110 valence electrons. The lowest BCUT2D eigenvalue weighted by atomic mass is 10.2. The number of rotatable bonds is 5. The first kappa shape index (κ1) is 14.9. The molecule has 1 N–H and O–H groups in total. The smallest absolute Gasteiger partial charge is 0.318 e. The largest absolute Gasteiger partial charge is 0.323 e. The molecule has 0 radical (unpaired) electrons. The Balaban J connectivity index is 2.06. The van der Waals surface area contributed by atoms with Crippen molar-refractivity contribution in [3.05, 3.63) is 48.4 Å². The van der Waals surface area contributed by atoms with Crippen molar-refractivity contribution in [1.29, 1.82) is 0 Å². The van der Waals surface area contributed by atoms with Crippen LogP contribution in [0.15, 0.2) is 42.7 Å². The van der Waals surface area contributed by atoms with E-state index in [1.165, 1.54) is 0 Å². The molecule has 0 aromatic carbocycles. The van der Waals surface area contributed by atoms with E-state index in [1.807, 2.05) is 18.2 Å². The number of hydrogen-bond acceptors (Lipinski definition) is 4. The monoisotopic (exact) mass is 285 g/mol. The molecule has 0 saturated carbocycles. The number of urea groups is 1. The van der Waals surface area contributed by atoms with Gasteiger partial charge in [0, 0.05) is 18.9 Å². The van der Waals surface area contributed by atoms with E-state index in [0.29, 0.717) is 24.8 Å². The Morgan fingerprint density at radius 3 is 2.71 bits per heavy atom. The summed E-state index contributed by atoms with van der Waals surface area (Å²) in [5.41, 5.74) is 0.854. The van der Waals surface area contributed by atoms with Gasteiger partial charge in [0.1, 0.15) is 0 Å². The summed E-state index contributed by atoms with van der Waals surface area (Å²) in [6, 6.07) is 8.91. The number of carbonyl (C=O) groups excluding carboxylic acids is 1. The molecule has 2 aromatic heterocycles. The molecule has 0 saturated heterocycles. The van der Waals surface area contributed by atoms with Gasteiger partial charge in [-0.15, -0.1) is 5.10 Å². The second-order valence-corrected chi connectivity index (χ2v) is 5.13. The Bertz CT molecular complexity index is 559. The van der Waals surface area contributed by atoms with Crippen LogP contribution in [0.3, 0.4) is 0 Å². The number of pyridine rings is 1. The van der Waals surface area contributed by atoms with Crippen LogP contribution in [0.2, 0.25) is 0 Å². The van der Waals surface area contributed by atoms with Gasteiger partial charge < -0.3 is 4.90 Å². The van der Waals surface area contributed by atoms with E-state index in [1.54, 1.807) is 29.4 Å². The van der Waals surface area contributed by atoms with Crippen LogP contribution in [0.25, 0.3) is 0 Å². The molecule has 0 spiro atoms. The number of amides is 2. The fourth-order valence-electron chi connectivity index (χ4n) is 1.90. The number of carbonyl (C=O) groups is 1. The van der Waals surface area contributed by atoms with Gasteiger partial charge in [-0.3, -0.25) is 10.3 Å². The molecular weight excluding hydrogens is 266 g/mol. The van der Waals surface area contributed by atoms with E-state index in [4.69, 9.17) is 0 Å². The molecule has 21 heavy (non-hydrogen) atoms. The highest BCUT2D eigenvalue weighted by molar-refractivity contribution is 5.88. The zero-order valence-corrected chi connectivity index (χ0v) is 12.2. The minimum absolute atomic E-state index is 0.199. The van der Waals surface area contributed by atoms with Crippen LogP contribution in [0.5, 0.6) is 0 Å². The molecule has 0 aliphatic heterocycles. The van der Waals surface area contributed by atoms with Gasteiger partial charge >= 0.3 is 6.03 Å². The normalized spacial score (nSPS) is 10.4. The van der Waals surface area contributed by atoms with Crippen LogP contribution in [0, 0.1) is 5.92 Å². The lowest BCUT2D eigenvalue weighted by Crippen LogP contribution is -2.37. The predicted octanol–water partition coefficient (Wildman–Crippen LogP) is 2.56. The van der Waals surface area contributed by atoms with Gasteiger partial charge in [0.15, 0.2) is 5.82 Å². The van der Waals surface area contributed by atoms with Crippen molar-refractivity contribution < 1.29 is 4.79 Å². The molecule has 2 aromatic rings. The number of hydrogen-bond donors (Lipinski definition) is 1. The molecule has 0 bridgehead atoms. The van der Waals surface area contributed by atoms with E-state index in [0.717, 1.165) is 5.69 Å². The first-order chi connectivity index (χ1) is 10.1. The van der Waals surface area contributed by atoms with Crippen LogP contribution < -0.4 is 5.32 Å². The summed E-state index contributed by atoms with van der Waals surface area (Å²) in [6.07, 6.45) is 3.29. The minimum atomic E-state index is -0.199. The molecule has 0 unspecified atom stereocenters. The molecule has 0 atom stereocenters. The van der Waals surface area contributed by atoms with Gasteiger partial charge in [0.05, 0.1) is 12.2 Å². The number of anilines is 1. The maximum Gasteiger partial charge on any atom is 0.323 e. The standard InChI is InChI=1S/C15H19N5O/c1-12(2)10-20(11-13-6-3-4-8-16-13)15(21)18-14-7-5-9-17-19-14/h3-9,12H,10-11H2,1-2H3,(H,18,19,21). The Morgan fingerprint density at radius 2 is 2.10 bits per heavy atom. The predicted molar refractivity (Wildman–Crippen MR) is 80.5 cm³/mol. The first-order valence-electron chi connectivity index (χ1n) is 6.88. The number of nitrogens with one attached hydrogen (secondary N) is 1. The summed E-state index contributed by atoms with van der Waals surface area (Å²) in [5, 5.41) is 10.4. The van der Waals surface area contributed by atoms with Crippen LogP contribution in [-0.2, 0) is 6.54 Å². The van der Waals surface area contributed by atoms with Gasteiger partial charge in [-0.2, -0.15) is 5.10 Å². The topological polar surface area (TPSA) is 71.0 Å². The van der Waals surface area contributed by atoms with Gasteiger partial charge in [-0.25, -0.2) is 4.79 Å². The van der Waals surface area contributed by atoms with E-state index in [2.05, 4.69) is 34.3 Å². The highest BCUT2D eigenvalue weighted by Crippen LogP contribution is 2.08. The SMILES string of the molecule is CC(C)CN(Cc1ccccn1)C(=O)Nc1cccnn1. The van der Waals surface area contributed by atoms with Crippen molar-refractivity contribution in [1.82, 2.24) is 20.1 Å². The van der Waals surface area contributed by atoms with E-state index < -0.39 is 0 Å². The molecule has 6 nitrogen and oxygen atoms in total. The fourth-order valence-corrected chi connectivity index (χ4v) is 1.90. The number of aromatic nitrogens is 3. The van der Waals surface area contributed by atoms with Crippen LogP contribution in [0.1, 0.15) is 19.5 Å². The summed E-state index contributed by atoms with van der Waals surface area (Å²) in [6.45, 7) is 5.25. The molecule has 0 fully saturated rings. The van der Waals surface area contributed by atoms with Crippen molar-refractivity contribution >= 4 is 11.8 Å². The molecule has 2 amide bonds. The second kappa shape index (κ2) is 7.33. The molecule has 0 aliphatic rings. The quantitative estimate of drug-likeness (QED) is 0.916. The molecular formula is C15H19N5O. The van der Waals surface area contributed by atoms with Crippen LogP contribution >= 0.6 is 0 Å². The van der Waals surface area contributed by atoms with E-state index >= 15 is 0 Å². The van der Waals surface area contributed by atoms with Gasteiger partial charge in [-0.1, -0.05) is 19.9 Å². The summed E-state index contributed by atoms with van der Waals surface area (Å²) >= 11 is 0. The Labute approximate surface area is 124 Å². The van der Waals surface area contributed by atoms with Crippen molar-refractivity contribution in [2.75, 3.05) is 11.9 Å². The van der Waals surface area contributed by atoms with E-state index in [-0.39, 0.29) is 6.03 Å². The summed E-state index contributed by atoms with van der Waals surface area (Å²) in [4.78, 5) is 18.4. The molecule has 6 heteroatoms. The highest BCUT2D eigenvalue weighted by Gasteiger charge is 2.16. The molecule has 2 heterocycles. The first-order valence-corrected chi connectivity index (χ1v) is 6.88. The van der Waals surface area contributed by atoms with Gasteiger partial charge in [-0.05, 0) is 30.2 Å². The zero-order chi connectivity index (χ0) is 15.1. The summed E-state index contributed by atoms with van der Waals surface area (Å²) in [7, 11) is 0. The van der Waals surface area contributed by atoms with E-state index in [9.17, 15) is 4.79 Å². The summed E-state index contributed by atoms with van der Waals surface area (Å²) < 4.78 is 0. The Morgan fingerprint density at radius 1 is 1.24 bits per heavy atom. The third-order valence-electron chi connectivity index (χ3n) is 2.76. The fraction of sp³-hybridized carbons (Fsp3) is 0.333. The van der Waals surface area contributed by atoms with Crippen molar-refractivity contribution in [3.8, 4) is 0 Å². The van der Waals surface area contributed by atoms with Crippen LogP contribution in [0.4, 0.5) is 10.6 Å². The highest BCUT2D eigenvalue weighted by atomic mass is 16.2. The van der Waals surface area contributed by atoms with Gasteiger partial charge in [0.2, 0.25) is 0 Å². The average Bonchev–Trinajstić information content (AvgIpc) is 2.48. The zero-order valence-electron chi connectivity index (χ0n) is 12.2. The third-order valence-corrected chi connectivity index (χ3v) is 2.76. The lowest BCUT2D eigenvalue weighted by Gasteiger charge is -2.24. The average molecular weight is 285 g/mol. The summed E-state index contributed by atoms with van der Waals surface area (Å²) in [5.74, 6) is 0.804. The lowest BCUT2D eigenvalue weighted by molar-refractivity contribution is 0.201. The minimum Gasteiger partial charge on any atom is -0.318 e. The Kier molecular flexibility index (Phi) is 5.20. The van der Waals surface area contributed by atoms with Gasteiger partial charge in [0.25, 0.3) is 0 Å². The van der Waals surface area contributed by atoms with Crippen LogP contribution in [-0.4, -0.2) is 32.7 Å². The third kappa shape index (κ3) is 4.83. The molecule has 2 rings (SSSR count). The van der Waals surface area contributed by atoms with Crippen molar-refractivity contribution in [2.45, 2.75) is 20.4 Å². The Hall–Kier alpha value is -2.50.